The maximum absolute atomic E-state index is 13.4. The number of benzene rings is 3. The number of nitrogens with one attached hydrogen (secondary N) is 1. The molecule has 3 aromatic carbocycles. The van der Waals surface area contributed by atoms with Crippen LogP contribution in [-0.4, -0.2) is 55.9 Å². The number of hydrogen-bond donors (Lipinski definition) is 1. The van der Waals surface area contributed by atoms with Gasteiger partial charge in [-0.25, -0.2) is 10.4 Å². The summed E-state index contributed by atoms with van der Waals surface area (Å²) in [6.45, 7) is 0. The van der Waals surface area contributed by atoms with Crippen LogP contribution in [0.4, 0.5) is 0 Å². The van der Waals surface area contributed by atoms with Crippen molar-refractivity contribution >= 4 is 34.8 Å². The molecule has 0 aliphatic rings. The van der Waals surface area contributed by atoms with Gasteiger partial charge in [-0.05, 0) is 48.5 Å². The summed E-state index contributed by atoms with van der Waals surface area (Å²) in [5.74, 6) is 1.60. The van der Waals surface area contributed by atoms with Crippen molar-refractivity contribution in [2.24, 2.45) is 5.10 Å². The number of para-hydroxylation sites is 1. The molecule has 38 heavy (non-hydrogen) atoms. The van der Waals surface area contributed by atoms with E-state index in [1.165, 1.54) is 32.1 Å². The fourth-order valence-electron chi connectivity index (χ4n) is 3.73. The highest BCUT2D eigenvalue weighted by Crippen LogP contribution is 2.39. The number of amides is 1. The van der Waals surface area contributed by atoms with E-state index in [9.17, 15) is 9.59 Å². The fraction of sp³-hybridized carbons (Fsp3) is 0.185. The van der Waals surface area contributed by atoms with Crippen LogP contribution in [-0.2, 0) is 4.79 Å². The van der Waals surface area contributed by atoms with Crippen LogP contribution in [0.3, 0.4) is 0 Å². The molecule has 0 aliphatic heterocycles. The molecular weight excluding hydrogens is 508 g/mol. The van der Waals surface area contributed by atoms with Crippen LogP contribution in [0.5, 0.6) is 23.0 Å². The number of carbonyl (C=O) groups excluding carboxylic acids is 1. The van der Waals surface area contributed by atoms with Gasteiger partial charge in [0, 0.05) is 5.56 Å². The van der Waals surface area contributed by atoms with Crippen molar-refractivity contribution in [3.8, 4) is 28.7 Å². The number of rotatable bonds is 10. The van der Waals surface area contributed by atoms with Gasteiger partial charge in [0.25, 0.3) is 11.5 Å². The Morgan fingerprint density at radius 3 is 2.37 bits per heavy atom. The predicted molar refractivity (Wildman–Crippen MR) is 146 cm³/mol. The zero-order chi connectivity index (χ0) is 27.1. The second kappa shape index (κ2) is 12.2. The van der Waals surface area contributed by atoms with Gasteiger partial charge in [-0.15, -0.1) is 0 Å². The Morgan fingerprint density at radius 2 is 1.68 bits per heavy atom. The molecular formula is C27H26N4O6S. The molecule has 1 N–H and O–H groups in total. The number of hydrogen-bond acceptors (Lipinski definition) is 9. The van der Waals surface area contributed by atoms with Gasteiger partial charge in [-0.1, -0.05) is 23.9 Å². The number of hydrazone groups is 1. The third kappa shape index (κ3) is 5.57. The van der Waals surface area contributed by atoms with E-state index in [0.717, 1.165) is 11.8 Å². The fourth-order valence-corrected chi connectivity index (χ4v) is 4.54. The van der Waals surface area contributed by atoms with Crippen molar-refractivity contribution in [2.45, 2.75) is 5.16 Å². The van der Waals surface area contributed by atoms with Gasteiger partial charge in [0.2, 0.25) is 5.75 Å². The van der Waals surface area contributed by atoms with E-state index in [0.29, 0.717) is 50.3 Å². The Hall–Kier alpha value is -4.51. The lowest BCUT2D eigenvalue weighted by molar-refractivity contribution is -0.118. The van der Waals surface area contributed by atoms with Gasteiger partial charge < -0.3 is 18.9 Å². The highest BCUT2D eigenvalue weighted by molar-refractivity contribution is 7.99. The number of fused-ring (bicyclic) bond motifs is 1. The number of carbonyl (C=O) groups is 1. The highest BCUT2D eigenvalue weighted by Gasteiger charge is 2.16. The van der Waals surface area contributed by atoms with Crippen molar-refractivity contribution in [3.05, 3.63) is 76.6 Å². The third-order valence-electron chi connectivity index (χ3n) is 5.54. The van der Waals surface area contributed by atoms with Gasteiger partial charge in [0.1, 0.15) is 5.75 Å². The van der Waals surface area contributed by atoms with E-state index in [-0.39, 0.29) is 17.2 Å². The molecule has 0 aliphatic carbocycles. The monoisotopic (exact) mass is 534 g/mol. The van der Waals surface area contributed by atoms with E-state index in [2.05, 4.69) is 15.5 Å². The molecule has 196 valence electrons. The van der Waals surface area contributed by atoms with Crippen LogP contribution >= 0.6 is 11.8 Å². The summed E-state index contributed by atoms with van der Waals surface area (Å²) >= 11 is 1.13. The number of methoxy groups -OCH3 is 4. The van der Waals surface area contributed by atoms with E-state index >= 15 is 0 Å². The van der Waals surface area contributed by atoms with Crippen LogP contribution in [0.25, 0.3) is 16.6 Å². The second-order valence-corrected chi connectivity index (χ2v) is 8.70. The first-order valence-corrected chi connectivity index (χ1v) is 12.4. The average Bonchev–Trinajstić information content (AvgIpc) is 2.95. The standard InChI is InChI=1S/C27H26N4O6S/c1-34-19-12-10-18(11-13-19)31-26(33)20-7-5-6-8-21(20)29-27(31)38-16-23(32)30-28-15-17-9-14-22(35-2)25(37-4)24(17)36-3/h5-15H,16H2,1-4H3,(H,30,32). The lowest BCUT2D eigenvalue weighted by Crippen LogP contribution is -2.24. The SMILES string of the molecule is COc1ccc(-n2c(SCC(=O)NN=Cc3ccc(OC)c(OC)c3OC)nc3ccccc3c2=O)cc1. The minimum atomic E-state index is -0.380. The van der Waals surface area contributed by atoms with E-state index < -0.39 is 0 Å². The Morgan fingerprint density at radius 1 is 0.947 bits per heavy atom. The highest BCUT2D eigenvalue weighted by atomic mass is 32.2. The zero-order valence-electron chi connectivity index (χ0n) is 21.3. The molecule has 0 spiro atoms. The van der Waals surface area contributed by atoms with Crippen LogP contribution < -0.4 is 29.9 Å². The van der Waals surface area contributed by atoms with E-state index in [4.69, 9.17) is 18.9 Å². The van der Waals surface area contributed by atoms with Gasteiger partial charge in [-0.3, -0.25) is 14.2 Å². The summed E-state index contributed by atoms with van der Waals surface area (Å²) in [6, 6.07) is 17.6. The molecule has 0 atom stereocenters. The topological polar surface area (TPSA) is 113 Å². The van der Waals surface area contributed by atoms with Crippen molar-refractivity contribution in [1.29, 1.82) is 0 Å². The lowest BCUT2D eigenvalue weighted by Gasteiger charge is -2.14. The molecule has 0 saturated heterocycles. The summed E-state index contributed by atoms with van der Waals surface area (Å²) < 4.78 is 22.8. The minimum Gasteiger partial charge on any atom is -0.497 e. The Balaban J connectivity index is 1.55. The molecule has 0 unspecified atom stereocenters. The van der Waals surface area contributed by atoms with Gasteiger partial charge in [-0.2, -0.15) is 5.10 Å². The van der Waals surface area contributed by atoms with Crippen LogP contribution in [0.1, 0.15) is 5.56 Å². The maximum atomic E-state index is 13.4. The van der Waals surface area contributed by atoms with Crippen molar-refractivity contribution < 1.29 is 23.7 Å². The van der Waals surface area contributed by atoms with Crippen LogP contribution in [0, 0.1) is 0 Å². The molecule has 10 nitrogen and oxygen atoms in total. The normalized spacial score (nSPS) is 10.9. The third-order valence-corrected chi connectivity index (χ3v) is 6.47. The molecule has 1 amide bonds. The number of nitrogens with zero attached hydrogens (tertiary/aromatic N) is 3. The Kier molecular flexibility index (Phi) is 8.49. The smallest absolute Gasteiger partial charge is 0.266 e. The summed E-state index contributed by atoms with van der Waals surface area (Å²) in [7, 11) is 6.11. The average molecular weight is 535 g/mol. The molecule has 1 aromatic heterocycles. The van der Waals surface area contributed by atoms with Gasteiger partial charge in [0.05, 0.1) is 57.0 Å². The van der Waals surface area contributed by atoms with E-state index in [1.54, 1.807) is 61.7 Å². The molecule has 4 aromatic rings. The van der Waals surface area contributed by atoms with Crippen LogP contribution in [0.2, 0.25) is 0 Å². The zero-order valence-corrected chi connectivity index (χ0v) is 22.1. The minimum absolute atomic E-state index is 0.0264. The molecule has 11 heteroatoms. The van der Waals surface area contributed by atoms with Crippen molar-refractivity contribution in [1.82, 2.24) is 15.0 Å². The molecule has 0 saturated carbocycles. The first kappa shape index (κ1) is 26.6. The molecule has 4 rings (SSSR count). The summed E-state index contributed by atoms with van der Waals surface area (Å²) in [5.41, 5.74) is 4.00. The summed E-state index contributed by atoms with van der Waals surface area (Å²) in [5, 5.41) is 4.90. The number of ether oxygens (including phenoxy) is 4. The van der Waals surface area contributed by atoms with Crippen LogP contribution in [0.15, 0.2) is 75.7 Å². The Labute approximate surface area is 223 Å². The predicted octanol–water partition coefficient (Wildman–Crippen LogP) is 3.66. The first-order chi connectivity index (χ1) is 18.5. The van der Waals surface area contributed by atoms with Gasteiger partial charge in [0.15, 0.2) is 16.7 Å². The lowest BCUT2D eigenvalue weighted by atomic mass is 10.2. The Bertz CT molecular complexity index is 1540. The molecule has 0 radical (unpaired) electrons. The first-order valence-electron chi connectivity index (χ1n) is 11.4. The number of thioether (sulfide) groups is 1. The van der Waals surface area contributed by atoms with Gasteiger partial charge >= 0.3 is 0 Å². The molecule has 0 fully saturated rings. The van der Waals surface area contributed by atoms with Crippen molar-refractivity contribution in [2.75, 3.05) is 34.2 Å². The number of aromatic nitrogens is 2. The maximum Gasteiger partial charge on any atom is 0.266 e. The summed E-state index contributed by atoms with van der Waals surface area (Å²) in [4.78, 5) is 30.6. The molecule has 1 heterocycles. The molecule has 0 bridgehead atoms. The second-order valence-electron chi connectivity index (χ2n) is 7.76. The largest absolute Gasteiger partial charge is 0.497 e. The summed E-state index contributed by atoms with van der Waals surface area (Å²) in [6.07, 6.45) is 1.45. The van der Waals surface area contributed by atoms with E-state index in [1.807, 2.05) is 6.07 Å². The quantitative estimate of drug-likeness (QED) is 0.142. The van der Waals surface area contributed by atoms with Crippen molar-refractivity contribution in [3.63, 3.8) is 0 Å².